The summed E-state index contributed by atoms with van der Waals surface area (Å²) in [6.45, 7) is 0.0183. The van der Waals surface area contributed by atoms with Crippen LogP contribution < -0.4 is 5.30 Å². The van der Waals surface area contributed by atoms with Crippen LogP contribution in [0.1, 0.15) is 0 Å². The lowest BCUT2D eigenvalue weighted by Gasteiger charge is -2.24. The molecule has 0 radical (unpaired) electrons. The highest BCUT2D eigenvalue weighted by molar-refractivity contribution is 7.61. The van der Waals surface area contributed by atoms with Gasteiger partial charge in [0, 0.05) is 27.4 Å². The van der Waals surface area contributed by atoms with Crippen LogP contribution in [-0.2, 0) is 22.4 Å². The maximum absolute atomic E-state index is 12.0. The SMILES string of the molecule is CO[Si](CCOP(=O)(O)c1ccccc1)(OC)OC. The fourth-order valence-electron chi connectivity index (χ4n) is 1.54. The maximum Gasteiger partial charge on any atom is 0.502 e. The molecule has 19 heavy (non-hydrogen) atoms. The van der Waals surface area contributed by atoms with Crippen LogP contribution in [0, 0.1) is 0 Å². The predicted molar refractivity (Wildman–Crippen MR) is 73.4 cm³/mol. The van der Waals surface area contributed by atoms with Crippen LogP contribution in [0.4, 0.5) is 0 Å². The molecule has 6 nitrogen and oxygen atoms in total. The lowest BCUT2D eigenvalue weighted by Crippen LogP contribution is -2.43. The van der Waals surface area contributed by atoms with E-state index in [2.05, 4.69) is 0 Å². The van der Waals surface area contributed by atoms with Crippen molar-refractivity contribution in [1.29, 1.82) is 0 Å². The first kappa shape index (κ1) is 16.5. The van der Waals surface area contributed by atoms with E-state index in [1.54, 1.807) is 30.3 Å². The molecule has 0 spiro atoms. The van der Waals surface area contributed by atoms with Crippen molar-refractivity contribution in [2.24, 2.45) is 0 Å². The zero-order valence-corrected chi connectivity index (χ0v) is 13.1. The minimum Gasteiger partial charge on any atom is -0.377 e. The highest BCUT2D eigenvalue weighted by Gasteiger charge is 2.38. The lowest BCUT2D eigenvalue weighted by atomic mass is 10.4. The monoisotopic (exact) mass is 306 g/mol. The van der Waals surface area contributed by atoms with Gasteiger partial charge < -0.3 is 22.7 Å². The lowest BCUT2D eigenvalue weighted by molar-refractivity contribution is 0.117. The Balaban J connectivity index is 2.60. The first-order valence-electron chi connectivity index (χ1n) is 5.68. The Kier molecular flexibility index (Phi) is 6.35. The zero-order chi connectivity index (χ0) is 14.4. The minimum absolute atomic E-state index is 0.0183. The van der Waals surface area contributed by atoms with Crippen molar-refractivity contribution in [1.82, 2.24) is 0 Å². The topological polar surface area (TPSA) is 74.2 Å². The van der Waals surface area contributed by atoms with Crippen molar-refractivity contribution >= 4 is 21.7 Å². The van der Waals surface area contributed by atoms with Gasteiger partial charge in [-0.25, -0.2) is 0 Å². The fraction of sp³-hybridized carbons (Fsp3) is 0.455. The van der Waals surface area contributed by atoms with Crippen molar-refractivity contribution < 1.29 is 27.3 Å². The normalized spacial score (nSPS) is 15.2. The van der Waals surface area contributed by atoms with E-state index in [0.29, 0.717) is 6.04 Å². The van der Waals surface area contributed by atoms with E-state index in [9.17, 15) is 9.46 Å². The van der Waals surface area contributed by atoms with E-state index in [1.165, 1.54) is 21.3 Å². The molecule has 0 saturated carbocycles. The van der Waals surface area contributed by atoms with Crippen LogP contribution in [0.15, 0.2) is 30.3 Å². The van der Waals surface area contributed by atoms with Crippen LogP contribution in [0.25, 0.3) is 0 Å². The summed E-state index contributed by atoms with van der Waals surface area (Å²) in [5.41, 5.74) is 0. The summed E-state index contributed by atoms with van der Waals surface area (Å²) < 4.78 is 32.7. The molecule has 0 saturated heterocycles. The molecule has 0 aliphatic rings. The second-order valence-corrected chi connectivity index (χ2v) is 8.64. The smallest absolute Gasteiger partial charge is 0.377 e. The number of benzene rings is 1. The van der Waals surface area contributed by atoms with Crippen LogP contribution in [0.2, 0.25) is 6.04 Å². The third-order valence-corrected chi connectivity index (χ3v) is 6.86. The molecule has 1 aromatic carbocycles. The number of rotatable bonds is 8. The molecule has 1 atom stereocenters. The highest BCUT2D eigenvalue weighted by Crippen LogP contribution is 2.40. The molecule has 108 valence electrons. The maximum atomic E-state index is 12.0. The Bertz CT molecular complexity index is 414. The van der Waals surface area contributed by atoms with Gasteiger partial charge in [-0.1, -0.05) is 18.2 Å². The van der Waals surface area contributed by atoms with Gasteiger partial charge in [-0.3, -0.25) is 4.57 Å². The molecular weight excluding hydrogens is 287 g/mol. The second-order valence-electron chi connectivity index (χ2n) is 3.73. The van der Waals surface area contributed by atoms with E-state index >= 15 is 0 Å². The van der Waals surface area contributed by atoms with Crippen LogP contribution in [-0.4, -0.2) is 41.6 Å². The van der Waals surface area contributed by atoms with Crippen molar-refractivity contribution in [3.05, 3.63) is 30.3 Å². The molecule has 1 rings (SSSR count). The fourth-order valence-corrected chi connectivity index (χ4v) is 4.21. The highest BCUT2D eigenvalue weighted by atomic mass is 31.2. The van der Waals surface area contributed by atoms with E-state index < -0.39 is 16.4 Å². The van der Waals surface area contributed by atoms with Crippen LogP contribution in [0.3, 0.4) is 0 Å². The van der Waals surface area contributed by atoms with Crippen LogP contribution >= 0.6 is 7.60 Å². The Labute approximate surface area is 114 Å². The first-order chi connectivity index (χ1) is 8.99. The van der Waals surface area contributed by atoms with Gasteiger partial charge in [0.05, 0.1) is 11.9 Å². The molecular formula is C11H19O6PSi. The Hall–Kier alpha value is -0.533. The average Bonchev–Trinajstić information content (AvgIpc) is 2.45. The van der Waals surface area contributed by atoms with E-state index in [-0.39, 0.29) is 11.9 Å². The van der Waals surface area contributed by atoms with Gasteiger partial charge in [-0.05, 0) is 12.1 Å². The van der Waals surface area contributed by atoms with Gasteiger partial charge in [0.25, 0.3) is 0 Å². The zero-order valence-electron chi connectivity index (χ0n) is 11.2. The summed E-state index contributed by atoms with van der Waals surface area (Å²) in [7, 11) is -2.14. The third kappa shape index (κ3) is 4.50. The average molecular weight is 306 g/mol. The summed E-state index contributed by atoms with van der Waals surface area (Å²) in [5.74, 6) is 0. The van der Waals surface area contributed by atoms with Gasteiger partial charge in [0.2, 0.25) is 0 Å². The third-order valence-electron chi connectivity index (χ3n) is 2.69. The van der Waals surface area contributed by atoms with Crippen molar-refractivity contribution in [2.45, 2.75) is 6.04 Å². The van der Waals surface area contributed by atoms with E-state index in [4.69, 9.17) is 17.8 Å². The first-order valence-corrected chi connectivity index (χ1v) is 9.19. The van der Waals surface area contributed by atoms with Gasteiger partial charge in [0.15, 0.2) is 0 Å². The summed E-state index contributed by atoms with van der Waals surface area (Å²) in [5, 5.41) is 0.259. The van der Waals surface area contributed by atoms with E-state index in [0.717, 1.165) is 0 Å². The molecule has 1 N–H and O–H groups in total. The Morgan fingerprint density at radius 3 is 2.11 bits per heavy atom. The quantitative estimate of drug-likeness (QED) is 0.578. The molecule has 1 unspecified atom stereocenters. The Morgan fingerprint density at radius 1 is 1.11 bits per heavy atom. The van der Waals surface area contributed by atoms with Crippen molar-refractivity contribution in [2.75, 3.05) is 27.9 Å². The predicted octanol–water partition coefficient (Wildman–Crippen LogP) is 1.39. The molecule has 0 aliphatic heterocycles. The Morgan fingerprint density at radius 2 is 1.63 bits per heavy atom. The van der Waals surface area contributed by atoms with Crippen molar-refractivity contribution in [3.8, 4) is 0 Å². The van der Waals surface area contributed by atoms with Crippen molar-refractivity contribution in [3.63, 3.8) is 0 Å². The molecule has 8 heteroatoms. The summed E-state index contributed by atoms with van der Waals surface area (Å²) >= 11 is 0. The molecule has 0 fully saturated rings. The summed E-state index contributed by atoms with van der Waals surface area (Å²) in [6, 6.07) is 8.53. The molecule has 0 aliphatic carbocycles. The van der Waals surface area contributed by atoms with E-state index in [1.807, 2.05) is 0 Å². The largest absolute Gasteiger partial charge is 0.502 e. The van der Waals surface area contributed by atoms with Gasteiger partial charge in [-0.15, -0.1) is 0 Å². The molecule has 0 aromatic heterocycles. The standard InChI is InChI=1S/C11H19O6PSi/c1-14-19(15-2,16-3)10-9-17-18(12,13)11-7-5-4-6-8-11/h4-8H,9-10H2,1-3H3,(H,12,13). The molecule has 0 heterocycles. The molecule has 0 bridgehead atoms. The summed E-state index contributed by atoms with van der Waals surface area (Å²) in [4.78, 5) is 9.83. The van der Waals surface area contributed by atoms with Gasteiger partial charge in [0.1, 0.15) is 0 Å². The van der Waals surface area contributed by atoms with Gasteiger partial charge in [-0.2, -0.15) is 0 Å². The molecule has 1 aromatic rings. The number of hydrogen-bond donors (Lipinski definition) is 1. The summed E-state index contributed by atoms with van der Waals surface area (Å²) in [6.07, 6.45) is 0. The van der Waals surface area contributed by atoms with Gasteiger partial charge >= 0.3 is 16.4 Å². The minimum atomic E-state index is -3.81. The second kappa shape index (κ2) is 7.30. The van der Waals surface area contributed by atoms with Crippen LogP contribution in [0.5, 0.6) is 0 Å². The number of hydrogen-bond acceptors (Lipinski definition) is 5. The molecule has 0 amide bonds.